The third kappa shape index (κ3) is 5.41. The number of β-amino-alcohol motifs (C(OH)–C–C–N with tert-alkyl or cyclic N) is 1. The normalized spacial score (nSPS) is 23.5. The predicted molar refractivity (Wildman–Crippen MR) is 82.5 cm³/mol. The second-order valence-corrected chi connectivity index (χ2v) is 7.02. The number of piperidine rings is 1. The van der Waals surface area contributed by atoms with Gasteiger partial charge in [-0.25, -0.2) is 0 Å². The molecular weight excluding hydrogens is 236 g/mol. The molecule has 3 nitrogen and oxygen atoms in total. The highest BCUT2D eigenvalue weighted by Gasteiger charge is 2.33. The van der Waals surface area contributed by atoms with Crippen LogP contribution in [0.5, 0.6) is 0 Å². The van der Waals surface area contributed by atoms with Gasteiger partial charge < -0.3 is 15.3 Å². The second kappa shape index (κ2) is 7.05. The van der Waals surface area contributed by atoms with E-state index in [4.69, 9.17) is 0 Å². The average molecular weight is 270 g/mol. The molecule has 1 fully saturated rings. The number of aliphatic hydroxyl groups is 1. The smallest absolute Gasteiger partial charge is 0.0869 e. The summed E-state index contributed by atoms with van der Waals surface area (Å²) in [5.74, 6) is 0. The molecule has 1 heterocycles. The summed E-state index contributed by atoms with van der Waals surface area (Å²) >= 11 is 0. The van der Waals surface area contributed by atoms with E-state index in [-0.39, 0.29) is 0 Å². The van der Waals surface area contributed by atoms with Crippen LogP contribution in [0.4, 0.5) is 0 Å². The van der Waals surface area contributed by atoms with Gasteiger partial charge >= 0.3 is 0 Å². The lowest BCUT2D eigenvalue weighted by molar-refractivity contribution is -0.00420. The molecule has 2 N–H and O–H groups in total. The van der Waals surface area contributed by atoms with E-state index < -0.39 is 5.60 Å². The van der Waals surface area contributed by atoms with E-state index in [0.717, 1.165) is 19.6 Å². The fourth-order valence-corrected chi connectivity index (χ4v) is 3.10. The molecule has 114 valence electrons. The van der Waals surface area contributed by atoms with E-state index in [1.807, 2.05) is 6.92 Å². The van der Waals surface area contributed by atoms with Gasteiger partial charge in [0, 0.05) is 19.1 Å². The summed E-state index contributed by atoms with van der Waals surface area (Å²) in [4.78, 5) is 2.44. The van der Waals surface area contributed by atoms with Gasteiger partial charge in [0.15, 0.2) is 0 Å². The summed E-state index contributed by atoms with van der Waals surface area (Å²) in [6.45, 7) is 14.6. The molecule has 0 aromatic heterocycles. The Morgan fingerprint density at radius 1 is 1.21 bits per heavy atom. The van der Waals surface area contributed by atoms with Crippen LogP contribution in [0.3, 0.4) is 0 Å². The fourth-order valence-electron chi connectivity index (χ4n) is 3.10. The summed E-state index contributed by atoms with van der Waals surface area (Å²) in [6, 6.07) is 0.431. The van der Waals surface area contributed by atoms with Gasteiger partial charge in [-0.05, 0) is 38.3 Å². The third-order valence-electron chi connectivity index (χ3n) is 4.87. The Morgan fingerprint density at radius 3 is 2.16 bits per heavy atom. The number of rotatable bonds is 7. The van der Waals surface area contributed by atoms with Crippen molar-refractivity contribution in [3.63, 3.8) is 0 Å². The van der Waals surface area contributed by atoms with Gasteiger partial charge in [0.25, 0.3) is 0 Å². The highest BCUT2D eigenvalue weighted by Crippen LogP contribution is 2.38. The van der Waals surface area contributed by atoms with E-state index in [1.54, 1.807) is 0 Å². The summed E-state index contributed by atoms with van der Waals surface area (Å²) in [7, 11) is 0. The Balaban J connectivity index is 2.39. The van der Waals surface area contributed by atoms with Crippen molar-refractivity contribution in [1.82, 2.24) is 10.2 Å². The van der Waals surface area contributed by atoms with E-state index in [1.165, 1.54) is 25.7 Å². The second-order valence-electron chi connectivity index (χ2n) is 7.02. The van der Waals surface area contributed by atoms with E-state index in [2.05, 4.69) is 37.9 Å². The van der Waals surface area contributed by atoms with Gasteiger partial charge in [-0.15, -0.1) is 0 Å². The maximum absolute atomic E-state index is 10.5. The molecule has 1 unspecified atom stereocenters. The molecule has 0 aromatic carbocycles. The summed E-state index contributed by atoms with van der Waals surface area (Å²) in [5.41, 5.74) is -0.0543. The number of nitrogens with one attached hydrogen (secondary N) is 1. The Hall–Kier alpha value is -0.120. The highest BCUT2D eigenvalue weighted by atomic mass is 16.3. The van der Waals surface area contributed by atoms with E-state index in [9.17, 15) is 5.11 Å². The minimum Gasteiger partial charge on any atom is -0.388 e. The van der Waals surface area contributed by atoms with Gasteiger partial charge in [0.1, 0.15) is 0 Å². The van der Waals surface area contributed by atoms with Crippen LogP contribution in [0.1, 0.15) is 60.3 Å². The van der Waals surface area contributed by atoms with Gasteiger partial charge in [-0.1, -0.05) is 40.5 Å². The van der Waals surface area contributed by atoms with Crippen LogP contribution in [0.25, 0.3) is 0 Å². The zero-order valence-corrected chi connectivity index (χ0v) is 13.6. The molecule has 1 aliphatic rings. The highest BCUT2D eigenvalue weighted by molar-refractivity contribution is 4.88. The van der Waals surface area contributed by atoms with Crippen LogP contribution in [-0.4, -0.2) is 47.8 Å². The molecule has 0 bridgehead atoms. The fraction of sp³-hybridized carbons (Fsp3) is 1.00. The van der Waals surface area contributed by atoms with Crippen molar-refractivity contribution in [3.8, 4) is 0 Å². The molecular formula is C16H34N2O. The molecule has 1 aliphatic heterocycles. The van der Waals surface area contributed by atoms with Gasteiger partial charge in [0.2, 0.25) is 0 Å². The number of hydrogen-bond acceptors (Lipinski definition) is 3. The van der Waals surface area contributed by atoms with Crippen molar-refractivity contribution in [2.24, 2.45) is 5.41 Å². The maximum atomic E-state index is 10.5. The lowest BCUT2D eigenvalue weighted by atomic mass is 9.74. The average Bonchev–Trinajstić information content (AvgIpc) is 2.38. The molecule has 0 radical (unpaired) electrons. The quantitative estimate of drug-likeness (QED) is 0.746. The molecule has 3 heteroatoms. The van der Waals surface area contributed by atoms with Crippen molar-refractivity contribution in [1.29, 1.82) is 0 Å². The molecule has 0 aliphatic carbocycles. The number of hydrogen-bond donors (Lipinski definition) is 2. The lowest BCUT2D eigenvalue weighted by Crippen LogP contribution is -2.51. The van der Waals surface area contributed by atoms with Crippen molar-refractivity contribution < 1.29 is 5.11 Å². The van der Waals surface area contributed by atoms with Crippen LogP contribution < -0.4 is 5.32 Å². The number of nitrogens with zero attached hydrogens (tertiary/aromatic N) is 1. The first-order valence-corrected chi connectivity index (χ1v) is 8.00. The Labute approximate surface area is 119 Å². The van der Waals surface area contributed by atoms with Crippen LogP contribution in [0.2, 0.25) is 0 Å². The first kappa shape index (κ1) is 16.9. The Morgan fingerprint density at radius 2 is 1.74 bits per heavy atom. The zero-order valence-electron chi connectivity index (χ0n) is 13.6. The minimum atomic E-state index is -0.622. The summed E-state index contributed by atoms with van der Waals surface area (Å²) in [6.07, 6.45) is 5.16. The summed E-state index contributed by atoms with van der Waals surface area (Å²) < 4.78 is 0. The molecule has 19 heavy (non-hydrogen) atoms. The molecule has 0 spiro atoms. The molecule has 0 aromatic rings. The standard InChI is InChI=1S/C16H34N2O/c1-6-16(7-2)8-10-18(11-9-16)13-15(5,19)12-17-14(3)4/h14,17,19H,6-13H2,1-5H3. The minimum absolute atomic E-state index is 0.431. The van der Waals surface area contributed by atoms with Crippen LogP contribution >= 0.6 is 0 Å². The lowest BCUT2D eigenvalue weighted by Gasteiger charge is -2.43. The first-order valence-electron chi connectivity index (χ1n) is 8.00. The van der Waals surface area contributed by atoms with Gasteiger partial charge in [-0.2, -0.15) is 0 Å². The molecule has 0 amide bonds. The monoisotopic (exact) mass is 270 g/mol. The van der Waals surface area contributed by atoms with E-state index in [0.29, 0.717) is 18.0 Å². The maximum Gasteiger partial charge on any atom is 0.0869 e. The van der Waals surface area contributed by atoms with Gasteiger partial charge in [0.05, 0.1) is 5.60 Å². The van der Waals surface area contributed by atoms with Crippen LogP contribution in [-0.2, 0) is 0 Å². The van der Waals surface area contributed by atoms with Crippen molar-refractivity contribution >= 4 is 0 Å². The Kier molecular flexibility index (Phi) is 6.28. The SMILES string of the molecule is CCC1(CC)CCN(CC(C)(O)CNC(C)C)CC1. The van der Waals surface area contributed by atoms with Crippen LogP contribution in [0.15, 0.2) is 0 Å². The third-order valence-corrected chi connectivity index (χ3v) is 4.87. The molecule has 1 saturated heterocycles. The topological polar surface area (TPSA) is 35.5 Å². The summed E-state index contributed by atoms with van der Waals surface area (Å²) in [5, 5.41) is 13.8. The first-order chi connectivity index (χ1) is 8.82. The zero-order chi connectivity index (χ0) is 14.5. The van der Waals surface area contributed by atoms with Crippen molar-refractivity contribution in [2.75, 3.05) is 26.2 Å². The largest absolute Gasteiger partial charge is 0.388 e. The molecule has 1 rings (SSSR count). The molecule has 0 saturated carbocycles. The van der Waals surface area contributed by atoms with E-state index >= 15 is 0 Å². The van der Waals surface area contributed by atoms with Gasteiger partial charge in [-0.3, -0.25) is 0 Å². The van der Waals surface area contributed by atoms with Crippen molar-refractivity contribution in [3.05, 3.63) is 0 Å². The van der Waals surface area contributed by atoms with Crippen molar-refractivity contribution in [2.45, 2.75) is 71.9 Å². The predicted octanol–water partition coefficient (Wildman–Crippen LogP) is 2.64. The Bertz CT molecular complexity index is 249. The number of likely N-dealkylation sites (tertiary alicyclic amines) is 1. The molecule has 1 atom stereocenters. The van der Waals surface area contributed by atoms with Crippen LogP contribution in [0, 0.1) is 5.41 Å².